The predicted octanol–water partition coefficient (Wildman–Crippen LogP) is 2.65. The quantitative estimate of drug-likeness (QED) is 0.825. The van der Waals surface area contributed by atoms with Gasteiger partial charge in [0.25, 0.3) is 0 Å². The van der Waals surface area contributed by atoms with E-state index in [4.69, 9.17) is 4.74 Å². The number of rotatable bonds is 6. The van der Waals surface area contributed by atoms with Gasteiger partial charge in [-0.1, -0.05) is 37.3 Å². The Bertz CT molecular complexity index is 800. The third-order valence-electron chi connectivity index (χ3n) is 3.33. The van der Waals surface area contributed by atoms with Gasteiger partial charge in [0, 0.05) is 6.54 Å². The summed E-state index contributed by atoms with van der Waals surface area (Å²) in [5.41, 5.74) is 2.15. The van der Waals surface area contributed by atoms with E-state index >= 15 is 0 Å². The smallest absolute Gasteiger partial charge is 0.338 e. The van der Waals surface area contributed by atoms with E-state index in [1.54, 1.807) is 6.92 Å². The zero-order chi connectivity index (χ0) is 16.9. The molecule has 0 unspecified atom stereocenters. The van der Waals surface area contributed by atoms with Gasteiger partial charge in [-0.15, -0.1) is 0 Å². The summed E-state index contributed by atoms with van der Waals surface area (Å²) in [5.74, 6) is -0.554. The molecule has 2 aromatic rings. The first-order chi connectivity index (χ1) is 10.9. The van der Waals surface area contributed by atoms with Gasteiger partial charge in [0.2, 0.25) is 10.0 Å². The van der Waals surface area contributed by atoms with E-state index in [2.05, 4.69) is 4.72 Å². The van der Waals surface area contributed by atoms with Crippen molar-refractivity contribution in [3.05, 3.63) is 65.2 Å². The largest absolute Gasteiger partial charge is 0.457 e. The summed E-state index contributed by atoms with van der Waals surface area (Å²) < 4.78 is 31.6. The number of nitrogens with one attached hydrogen (secondary N) is 1. The number of carbonyl (C=O) groups is 1. The molecule has 6 heteroatoms. The molecule has 0 saturated heterocycles. The number of hydrogen-bond acceptors (Lipinski definition) is 4. The highest BCUT2D eigenvalue weighted by atomic mass is 32.2. The molecule has 0 heterocycles. The first kappa shape index (κ1) is 17.2. The molecule has 2 rings (SSSR count). The Balaban J connectivity index is 2.13. The van der Waals surface area contributed by atoms with Gasteiger partial charge >= 0.3 is 5.97 Å². The third kappa shape index (κ3) is 4.40. The van der Waals surface area contributed by atoms with Gasteiger partial charge in [-0.2, -0.15) is 0 Å². The highest BCUT2D eigenvalue weighted by molar-refractivity contribution is 7.89. The number of esters is 1. The molecule has 1 N–H and O–H groups in total. The molecule has 0 amide bonds. The fraction of sp³-hybridized carbons (Fsp3) is 0.235. The van der Waals surface area contributed by atoms with Crippen molar-refractivity contribution >= 4 is 16.0 Å². The van der Waals surface area contributed by atoms with Gasteiger partial charge in [0.15, 0.2) is 0 Å². The fourth-order valence-corrected chi connectivity index (χ4v) is 3.15. The molecule has 0 spiro atoms. The Morgan fingerprint density at radius 3 is 2.57 bits per heavy atom. The highest BCUT2D eigenvalue weighted by Crippen LogP contribution is 2.14. The molecule has 0 saturated carbocycles. The first-order valence-electron chi connectivity index (χ1n) is 7.25. The first-order valence-corrected chi connectivity index (χ1v) is 8.73. The second-order valence-corrected chi connectivity index (χ2v) is 6.80. The van der Waals surface area contributed by atoms with Crippen LogP contribution in [0.15, 0.2) is 53.4 Å². The van der Waals surface area contributed by atoms with Crippen LogP contribution in [0.1, 0.15) is 28.4 Å². The van der Waals surface area contributed by atoms with E-state index in [-0.39, 0.29) is 23.6 Å². The van der Waals surface area contributed by atoms with Crippen molar-refractivity contribution in [2.75, 3.05) is 6.54 Å². The van der Waals surface area contributed by atoms with Crippen molar-refractivity contribution < 1.29 is 17.9 Å². The number of benzene rings is 2. The van der Waals surface area contributed by atoms with Crippen molar-refractivity contribution in [2.24, 2.45) is 0 Å². The van der Waals surface area contributed by atoms with Crippen LogP contribution in [0.2, 0.25) is 0 Å². The van der Waals surface area contributed by atoms with Gasteiger partial charge in [0.05, 0.1) is 10.5 Å². The topological polar surface area (TPSA) is 72.5 Å². The highest BCUT2D eigenvalue weighted by Gasteiger charge is 2.16. The van der Waals surface area contributed by atoms with Crippen molar-refractivity contribution in [3.8, 4) is 0 Å². The van der Waals surface area contributed by atoms with E-state index in [1.807, 2.05) is 31.2 Å². The number of carbonyl (C=O) groups excluding carboxylic acids is 1. The third-order valence-corrected chi connectivity index (χ3v) is 4.88. The average molecular weight is 333 g/mol. The zero-order valence-corrected chi connectivity index (χ0v) is 13.9. The maximum absolute atomic E-state index is 12.1. The summed E-state index contributed by atoms with van der Waals surface area (Å²) in [6.07, 6.45) is 0. The number of sulfonamides is 1. The lowest BCUT2D eigenvalue weighted by Crippen LogP contribution is -2.23. The minimum absolute atomic E-state index is 0.0460. The van der Waals surface area contributed by atoms with Gasteiger partial charge in [-0.05, 0) is 36.2 Å². The molecule has 0 atom stereocenters. The Hall–Kier alpha value is -2.18. The molecule has 5 nitrogen and oxygen atoms in total. The van der Waals surface area contributed by atoms with E-state index in [9.17, 15) is 13.2 Å². The van der Waals surface area contributed by atoms with Crippen LogP contribution < -0.4 is 4.72 Å². The summed E-state index contributed by atoms with van der Waals surface area (Å²) in [7, 11) is -3.60. The SMILES string of the molecule is CCNS(=O)(=O)c1cccc(C(=O)OCc2ccccc2C)c1. The summed E-state index contributed by atoms with van der Waals surface area (Å²) in [4.78, 5) is 12.2. The van der Waals surface area contributed by atoms with E-state index in [0.717, 1.165) is 11.1 Å². The lowest BCUT2D eigenvalue weighted by atomic mass is 10.1. The molecule has 0 aliphatic rings. The minimum atomic E-state index is -3.60. The van der Waals surface area contributed by atoms with Crippen LogP contribution in [0, 0.1) is 6.92 Å². The summed E-state index contributed by atoms with van der Waals surface area (Å²) in [6.45, 7) is 4.06. The van der Waals surface area contributed by atoms with Crippen LogP contribution in [0.3, 0.4) is 0 Å². The molecular weight excluding hydrogens is 314 g/mol. The molecule has 0 aromatic heterocycles. The summed E-state index contributed by atoms with van der Waals surface area (Å²) in [5, 5.41) is 0. The van der Waals surface area contributed by atoms with Gasteiger partial charge in [-0.25, -0.2) is 17.9 Å². The van der Waals surface area contributed by atoms with Crippen LogP contribution in [0.5, 0.6) is 0 Å². The summed E-state index contributed by atoms with van der Waals surface area (Å²) >= 11 is 0. The molecule has 0 fully saturated rings. The lowest BCUT2D eigenvalue weighted by Gasteiger charge is -2.09. The van der Waals surface area contributed by atoms with E-state index < -0.39 is 16.0 Å². The fourth-order valence-electron chi connectivity index (χ4n) is 2.06. The molecule has 0 bridgehead atoms. The van der Waals surface area contributed by atoms with Crippen molar-refractivity contribution in [1.82, 2.24) is 4.72 Å². The maximum Gasteiger partial charge on any atom is 0.338 e. The minimum Gasteiger partial charge on any atom is -0.457 e. The van der Waals surface area contributed by atoms with Gasteiger partial charge in [0.1, 0.15) is 6.61 Å². The zero-order valence-electron chi connectivity index (χ0n) is 13.1. The van der Waals surface area contributed by atoms with Crippen molar-refractivity contribution in [1.29, 1.82) is 0 Å². The second kappa shape index (κ2) is 7.39. The Labute approximate surface area is 136 Å². The second-order valence-electron chi connectivity index (χ2n) is 5.03. The monoisotopic (exact) mass is 333 g/mol. The normalized spacial score (nSPS) is 11.2. The lowest BCUT2D eigenvalue weighted by molar-refractivity contribution is 0.0472. The molecule has 122 valence electrons. The number of aryl methyl sites for hydroxylation is 1. The van der Waals surface area contributed by atoms with Crippen LogP contribution in [-0.2, 0) is 21.4 Å². The Kier molecular flexibility index (Phi) is 5.52. The molecule has 0 aliphatic heterocycles. The predicted molar refractivity (Wildman–Crippen MR) is 87.6 cm³/mol. The standard InChI is InChI=1S/C17H19NO4S/c1-3-18-23(20,21)16-10-6-9-14(11-16)17(19)22-12-15-8-5-4-7-13(15)2/h4-11,18H,3,12H2,1-2H3. The number of ether oxygens (including phenoxy) is 1. The van der Waals surface area contributed by atoms with Crippen LogP contribution in [-0.4, -0.2) is 20.9 Å². The Morgan fingerprint density at radius 1 is 1.13 bits per heavy atom. The van der Waals surface area contributed by atoms with E-state index in [1.165, 1.54) is 24.3 Å². The van der Waals surface area contributed by atoms with Gasteiger partial charge < -0.3 is 4.74 Å². The van der Waals surface area contributed by atoms with Crippen LogP contribution >= 0.6 is 0 Å². The molecule has 23 heavy (non-hydrogen) atoms. The van der Waals surface area contributed by atoms with Gasteiger partial charge in [-0.3, -0.25) is 0 Å². The van der Waals surface area contributed by atoms with Crippen molar-refractivity contribution in [2.45, 2.75) is 25.3 Å². The molecule has 0 aliphatic carbocycles. The van der Waals surface area contributed by atoms with Crippen LogP contribution in [0.4, 0.5) is 0 Å². The molecule has 2 aromatic carbocycles. The van der Waals surface area contributed by atoms with Crippen LogP contribution in [0.25, 0.3) is 0 Å². The maximum atomic E-state index is 12.1. The molecular formula is C17H19NO4S. The average Bonchev–Trinajstić information content (AvgIpc) is 2.54. The van der Waals surface area contributed by atoms with Crippen molar-refractivity contribution in [3.63, 3.8) is 0 Å². The van der Waals surface area contributed by atoms with E-state index in [0.29, 0.717) is 0 Å². The summed E-state index contributed by atoms with van der Waals surface area (Å²) in [6, 6.07) is 13.4. The number of hydrogen-bond donors (Lipinski definition) is 1. The Morgan fingerprint density at radius 2 is 1.87 bits per heavy atom. The molecule has 0 radical (unpaired) electrons.